The average molecular weight is 463 g/mol. The van der Waals surface area contributed by atoms with E-state index < -0.39 is 11.7 Å². The first-order chi connectivity index (χ1) is 15.9. The number of amides is 2. The van der Waals surface area contributed by atoms with Gasteiger partial charge in [0.1, 0.15) is 11.5 Å². The molecule has 0 aliphatic heterocycles. The number of H-pyrrole nitrogens is 1. The van der Waals surface area contributed by atoms with Crippen LogP contribution in [0.25, 0.3) is 17.6 Å². The van der Waals surface area contributed by atoms with E-state index in [2.05, 4.69) is 30.5 Å². The van der Waals surface area contributed by atoms with Gasteiger partial charge in [-0.05, 0) is 37.3 Å². The lowest BCUT2D eigenvalue weighted by atomic mass is 10.3. The van der Waals surface area contributed by atoms with Crippen LogP contribution in [-0.2, 0) is 9.59 Å². The van der Waals surface area contributed by atoms with Crippen molar-refractivity contribution in [1.29, 1.82) is 0 Å². The van der Waals surface area contributed by atoms with E-state index in [4.69, 9.17) is 0 Å². The number of rotatable bonds is 6. The van der Waals surface area contributed by atoms with E-state index in [1.165, 1.54) is 36.1 Å². The fraction of sp³-hybridized carbons (Fsp3) is 0.0909. The highest BCUT2D eigenvalue weighted by Crippen LogP contribution is 2.31. The Morgan fingerprint density at radius 3 is 2.70 bits per heavy atom. The van der Waals surface area contributed by atoms with E-state index in [9.17, 15) is 14.0 Å². The number of nitrogens with one attached hydrogen (secondary N) is 2. The third-order valence-corrected chi connectivity index (χ3v) is 5.21. The predicted octanol–water partition coefficient (Wildman–Crippen LogP) is 4.11. The second-order valence-electron chi connectivity index (χ2n) is 6.86. The number of pyridine rings is 1. The lowest BCUT2D eigenvalue weighted by Gasteiger charge is -2.18. The van der Waals surface area contributed by atoms with Gasteiger partial charge in [-0.15, -0.1) is 16.4 Å². The molecule has 0 spiro atoms. The minimum Gasteiger partial charge on any atom is -0.290 e. The summed E-state index contributed by atoms with van der Waals surface area (Å²) in [4.78, 5) is 38.5. The van der Waals surface area contributed by atoms with Crippen LogP contribution in [-0.4, -0.2) is 37.0 Å². The van der Waals surface area contributed by atoms with E-state index in [1.54, 1.807) is 23.6 Å². The maximum atomic E-state index is 14.2. The zero-order valence-corrected chi connectivity index (χ0v) is 18.4. The van der Waals surface area contributed by atoms with Crippen molar-refractivity contribution in [2.75, 3.05) is 10.2 Å². The molecule has 3 heterocycles. The third-order valence-electron chi connectivity index (χ3n) is 4.37. The number of carbonyl (C=O) groups excluding carboxylic acids is 2. The highest BCUT2D eigenvalue weighted by molar-refractivity contribution is 7.14. The molecule has 9 nitrogen and oxygen atoms in total. The molecule has 4 rings (SSSR count). The van der Waals surface area contributed by atoms with Gasteiger partial charge in [0, 0.05) is 24.1 Å². The molecule has 0 saturated heterocycles. The number of aryl methyl sites for hydroxylation is 1. The molecule has 1 aromatic carbocycles. The number of aromatic amines is 1. The first-order valence-electron chi connectivity index (χ1n) is 9.77. The largest absolute Gasteiger partial charge is 0.290 e. The Labute approximate surface area is 192 Å². The van der Waals surface area contributed by atoms with Crippen LogP contribution in [0, 0.1) is 12.7 Å². The number of halogens is 1. The molecule has 0 aliphatic rings. The van der Waals surface area contributed by atoms with Crippen LogP contribution in [0.4, 0.5) is 21.2 Å². The van der Waals surface area contributed by atoms with Gasteiger partial charge in [0.05, 0.1) is 11.4 Å². The average Bonchev–Trinajstić information content (AvgIpc) is 3.44. The highest BCUT2D eigenvalue weighted by atomic mass is 32.1. The van der Waals surface area contributed by atoms with Gasteiger partial charge in [-0.25, -0.2) is 14.4 Å². The molecule has 0 radical (unpaired) electrons. The number of thiazole rings is 1. The second kappa shape index (κ2) is 9.49. The monoisotopic (exact) mass is 463 g/mol. The molecular formula is C22H18FN7O2S. The minimum absolute atomic E-state index is 0.101. The maximum absolute atomic E-state index is 14.2. The van der Waals surface area contributed by atoms with Gasteiger partial charge in [-0.1, -0.05) is 18.2 Å². The molecule has 2 amide bonds. The summed E-state index contributed by atoms with van der Waals surface area (Å²) in [6.07, 6.45) is 2.74. The van der Waals surface area contributed by atoms with Crippen molar-refractivity contribution in [3.63, 3.8) is 0 Å². The fourth-order valence-electron chi connectivity index (χ4n) is 2.92. The quantitative estimate of drug-likeness (QED) is 0.416. The van der Waals surface area contributed by atoms with E-state index >= 15 is 0 Å². The standard InChI is InChI=1S/C22H18FN7O2S/c1-13-6-5-8-17(24-13)20-27-21(29-28-20)26-19(32)11-10-15-12-33-22(25-15)30(14(2)31)18-9-4-3-7-16(18)23/h3-12H,1-2H3,(H2,26,27,28,29,32)/b11-10-. The SMILES string of the molecule is CC(=O)N(c1nc(/C=C\C(=O)Nc2n[nH]c(-c3cccc(C)n3)n2)cs1)c1ccccc1F. The zero-order chi connectivity index (χ0) is 23.4. The summed E-state index contributed by atoms with van der Waals surface area (Å²) in [7, 11) is 0. The highest BCUT2D eigenvalue weighted by Gasteiger charge is 2.20. The van der Waals surface area contributed by atoms with Crippen LogP contribution in [0.15, 0.2) is 53.9 Å². The van der Waals surface area contributed by atoms with Crippen molar-refractivity contribution in [2.24, 2.45) is 0 Å². The number of carbonyl (C=O) groups is 2. The normalized spacial score (nSPS) is 11.0. The zero-order valence-electron chi connectivity index (χ0n) is 17.6. The summed E-state index contributed by atoms with van der Waals surface area (Å²) < 4.78 is 14.2. The molecule has 0 fully saturated rings. The third kappa shape index (κ3) is 5.15. The number of benzene rings is 1. The van der Waals surface area contributed by atoms with E-state index in [-0.39, 0.29) is 22.7 Å². The predicted molar refractivity (Wildman–Crippen MR) is 123 cm³/mol. The first kappa shape index (κ1) is 22.0. The van der Waals surface area contributed by atoms with Gasteiger partial charge in [0.2, 0.25) is 11.9 Å². The Kier molecular flexibility index (Phi) is 6.31. The Bertz CT molecular complexity index is 1350. The van der Waals surface area contributed by atoms with Crippen LogP contribution < -0.4 is 10.2 Å². The molecule has 4 aromatic rings. The van der Waals surface area contributed by atoms with Crippen molar-refractivity contribution < 1.29 is 14.0 Å². The molecule has 0 aliphatic carbocycles. The van der Waals surface area contributed by atoms with Gasteiger partial charge in [0.25, 0.3) is 5.91 Å². The lowest BCUT2D eigenvalue weighted by Crippen LogP contribution is -2.23. The molecule has 0 bridgehead atoms. The topological polar surface area (TPSA) is 117 Å². The van der Waals surface area contributed by atoms with E-state index in [1.807, 2.05) is 19.1 Å². The van der Waals surface area contributed by atoms with E-state index in [0.717, 1.165) is 17.0 Å². The summed E-state index contributed by atoms with van der Waals surface area (Å²) in [6.45, 7) is 3.19. The van der Waals surface area contributed by atoms with Gasteiger partial charge in [-0.3, -0.25) is 24.9 Å². The number of anilines is 3. The molecule has 11 heteroatoms. The molecule has 0 atom stereocenters. The Morgan fingerprint density at radius 2 is 1.94 bits per heavy atom. The van der Waals surface area contributed by atoms with Crippen LogP contribution in [0.2, 0.25) is 0 Å². The molecule has 2 N–H and O–H groups in total. The Hall–Kier alpha value is -4.25. The number of hydrogen-bond donors (Lipinski definition) is 2. The number of nitrogens with zero attached hydrogens (tertiary/aromatic N) is 5. The fourth-order valence-corrected chi connectivity index (χ4v) is 3.76. The van der Waals surface area contributed by atoms with Gasteiger partial charge < -0.3 is 0 Å². The van der Waals surface area contributed by atoms with Crippen molar-refractivity contribution in [1.82, 2.24) is 25.1 Å². The molecule has 166 valence electrons. The van der Waals surface area contributed by atoms with Crippen LogP contribution in [0.1, 0.15) is 18.3 Å². The van der Waals surface area contributed by atoms with Crippen LogP contribution >= 0.6 is 11.3 Å². The van der Waals surface area contributed by atoms with Gasteiger partial charge in [0.15, 0.2) is 11.0 Å². The molecular weight excluding hydrogens is 445 g/mol. The van der Waals surface area contributed by atoms with Crippen molar-refractivity contribution in [3.05, 3.63) is 71.1 Å². The lowest BCUT2D eigenvalue weighted by molar-refractivity contribution is -0.116. The molecule has 33 heavy (non-hydrogen) atoms. The van der Waals surface area contributed by atoms with Gasteiger partial charge >= 0.3 is 0 Å². The summed E-state index contributed by atoms with van der Waals surface area (Å²) in [6, 6.07) is 11.4. The molecule has 0 unspecified atom stereocenters. The summed E-state index contributed by atoms with van der Waals surface area (Å²) >= 11 is 1.15. The van der Waals surface area contributed by atoms with Crippen molar-refractivity contribution in [3.8, 4) is 11.5 Å². The van der Waals surface area contributed by atoms with Crippen LogP contribution in [0.5, 0.6) is 0 Å². The Balaban J connectivity index is 1.44. The van der Waals surface area contributed by atoms with Crippen molar-refractivity contribution in [2.45, 2.75) is 13.8 Å². The Morgan fingerprint density at radius 1 is 1.12 bits per heavy atom. The summed E-state index contributed by atoms with van der Waals surface area (Å²) in [5.74, 6) is -0.856. The second-order valence-corrected chi connectivity index (χ2v) is 7.69. The number of aromatic nitrogens is 5. The minimum atomic E-state index is -0.536. The van der Waals surface area contributed by atoms with Gasteiger partial charge in [-0.2, -0.15) is 4.98 Å². The summed E-state index contributed by atoms with van der Waals surface area (Å²) in [5, 5.41) is 11.2. The summed E-state index contributed by atoms with van der Waals surface area (Å²) in [5.41, 5.74) is 1.99. The first-order valence-corrected chi connectivity index (χ1v) is 10.6. The smallest absolute Gasteiger partial charge is 0.250 e. The number of hydrogen-bond acceptors (Lipinski definition) is 7. The van der Waals surface area contributed by atoms with Crippen molar-refractivity contribution >= 4 is 46.0 Å². The van der Waals surface area contributed by atoms with E-state index in [0.29, 0.717) is 17.2 Å². The molecule has 0 saturated carbocycles. The van der Waals surface area contributed by atoms with Crippen LogP contribution in [0.3, 0.4) is 0 Å². The molecule has 3 aromatic heterocycles. The maximum Gasteiger partial charge on any atom is 0.250 e. The number of para-hydroxylation sites is 1.